The summed E-state index contributed by atoms with van der Waals surface area (Å²) in [6, 6.07) is 15.2. The molecule has 8 nitrogen and oxygen atoms in total. The first kappa shape index (κ1) is 27.6. The predicted octanol–water partition coefficient (Wildman–Crippen LogP) is 4.76. The lowest BCUT2D eigenvalue weighted by Crippen LogP contribution is -2.46. The molecule has 1 saturated heterocycles. The number of ether oxygens (including phenoxy) is 2. The van der Waals surface area contributed by atoms with E-state index in [0.717, 1.165) is 22.3 Å². The van der Waals surface area contributed by atoms with Gasteiger partial charge in [0.2, 0.25) is 5.91 Å². The lowest BCUT2D eigenvalue weighted by molar-refractivity contribution is -0.145. The molecule has 0 aromatic heterocycles. The summed E-state index contributed by atoms with van der Waals surface area (Å²) < 4.78 is 11.3. The summed E-state index contributed by atoms with van der Waals surface area (Å²) in [6.07, 6.45) is 1.04. The van der Waals surface area contributed by atoms with Crippen LogP contribution in [0.3, 0.4) is 0 Å². The van der Waals surface area contributed by atoms with Crippen molar-refractivity contribution in [1.82, 2.24) is 9.80 Å². The summed E-state index contributed by atoms with van der Waals surface area (Å²) in [5, 5.41) is 9.92. The topological polar surface area (TPSA) is 96.4 Å². The van der Waals surface area contributed by atoms with Gasteiger partial charge in [-0.15, -0.1) is 0 Å². The third kappa shape index (κ3) is 6.35. The molecule has 1 N–H and O–H groups in total. The molecule has 204 valence electrons. The maximum Gasteiger partial charge on any atom is 0.410 e. The van der Waals surface area contributed by atoms with Crippen LogP contribution in [0.5, 0.6) is 0 Å². The van der Waals surface area contributed by atoms with E-state index in [-0.39, 0.29) is 36.6 Å². The molecule has 1 aliphatic carbocycles. The zero-order chi connectivity index (χ0) is 27.4. The molecule has 0 bridgehead atoms. The Labute approximate surface area is 224 Å². The Morgan fingerprint density at radius 3 is 2.08 bits per heavy atom. The van der Waals surface area contributed by atoms with Crippen LogP contribution in [0.25, 0.3) is 11.1 Å². The minimum atomic E-state index is -1.06. The van der Waals surface area contributed by atoms with Crippen LogP contribution >= 0.6 is 0 Å². The largest absolute Gasteiger partial charge is 0.480 e. The van der Waals surface area contributed by atoms with Crippen LogP contribution in [0.4, 0.5) is 4.79 Å². The smallest absolute Gasteiger partial charge is 0.410 e. The molecule has 2 aromatic rings. The second kappa shape index (κ2) is 11.6. The highest BCUT2D eigenvalue weighted by Crippen LogP contribution is 2.44. The lowest BCUT2D eigenvalue weighted by Gasteiger charge is -2.35. The van der Waals surface area contributed by atoms with Gasteiger partial charge in [0.15, 0.2) is 0 Å². The van der Waals surface area contributed by atoms with Gasteiger partial charge in [-0.25, -0.2) is 9.59 Å². The van der Waals surface area contributed by atoms with Crippen molar-refractivity contribution in [3.63, 3.8) is 0 Å². The molecule has 0 saturated carbocycles. The quantitative estimate of drug-likeness (QED) is 0.537. The second-order valence-corrected chi connectivity index (χ2v) is 11.2. The number of amides is 2. The molecule has 0 spiro atoms. The van der Waals surface area contributed by atoms with Gasteiger partial charge in [-0.3, -0.25) is 9.69 Å². The van der Waals surface area contributed by atoms with Gasteiger partial charge in [0.1, 0.15) is 19.3 Å². The lowest BCUT2D eigenvalue weighted by atomic mass is 9.89. The van der Waals surface area contributed by atoms with E-state index in [1.807, 2.05) is 57.2 Å². The van der Waals surface area contributed by atoms with Crippen LogP contribution < -0.4 is 0 Å². The fraction of sp³-hybridized carbons (Fsp3) is 0.500. The van der Waals surface area contributed by atoms with Crippen molar-refractivity contribution in [3.8, 4) is 11.1 Å². The molecule has 2 aliphatic rings. The van der Waals surface area contributed by atoms with E-state index < -0.39 is 18.1 Å². The Bertz CT molecular complexity index is 1120. The predicted molar refractivity (Wildman–Crippen MR) is 144 cm³/mol. The number of likely N-dealkylation sites (N-methyl/N-ethyl adjacent to an activating group) is 1. The molecule has 1 unspecified atom stereocenters. The van der Waals surface area contributed by atoms with E-state index in [0.29, 0.717) is 32.4 Å². The van der Waals surface area contributed by atoms with E-state index >= 15 is 0 Å². The first-order valence-electron chi connectivity index (χ1n) is 13.3. The summed E-state index contributed by atoms with van der Waals surface area (Å²) in [6.45, 7) is 7.01. The summed E-state index contributed by atoms with van der Waals surface area (Å²) >= 11 is 0. The van der Waals surface area contributed by atoms with Gasteiger partial charge < -0.3 is 19.5 Å². The zero-order valence-electron chi connectivity index (χ0n) is 22.7. The van der Waals surface area contributed by atoms with Gasteiger partial charge >= 0.3 is 12.1 Å². The summed E-state index contributed by atoms with van der Waals surface area (Å²) in [7, 11) is 1.49. The number of carboxylic acids is 1. The molecule has 8 heteroatoms. The number of carbonyl (C=O) groups is 3. The molecule has 2 aromatic carbocycles. The molecule has 0 radical (unpaired) electrons. The Morgan fingerprint density at radius 1 is 1.00 bits per heavy atom. The number of rotatable bonds is 8. The van der Waals surface area contributed by atoms with Crippen molar-refractivity contribution in [2.75, 3.05) is 33.4 Å². The minimum Gasteiger partial charge on any atom is -0.480 e. The van der Waals surface area contributed by atoms with Crippen LogP contribution in [0.1, 0.15) is 57.1 Å². The number of aliphatic carboxylic acids is 1. The average molecular weight is 523 g/mol. The van der Waals surface area contributed by atoms with Crippen molar-refractivity contribution >= 4 is 18.0 Å². The molecular formula is C30H38N2O6. The van der Waals surface area contributed by atoms with Crippen LogP contribution in [0.15, 0.2) is 48.5 Å². The SMILES string of the molecule is CN(C(=O)OCC1c2ccccc2-c2ccccc21)C(CC1CCN(C(=O)COC(C)(C)C)CC1)C(=O)O. The van der Waals surface area contributed by atoms with Crippen LogP contribution in [0.2, 0.25) is 0 Å². The van der Waals surface area contributed by atoms with Gasteiger partial charge in [0, 0.05) is 26.1 Å². The molecule has 1 fully saturated rings. The molecule has 4 rings (SSSR count). The van der Waals surface area contributed by atoms with Crippen molar-refractivity contribution < 1.29 is 29.0 Å². The van der Waals surface area contributed by atoms with Crippen molar-refractivity contribution in [2.24, 2.45) is 5.92 Å². The first-order chi connectivity index (χ1) is 18.0. The summed E-state index contributed by atoms with van der Waals surface area (Å²) in [4.78, 5) is 40.5. The molecule has 1 heterocycles. The molecule has 38 heavy (non-hydrogen) atoms. The summed E-state index contributed by atoms with van der Waals surface area (Å²) in [5.41, 5.74) is 4.10. The monoisotopic (exact) mass is 522 g/mol. The van der Waals surface area contributed by atoms with E-state index in [1.165, 1.54) is 11.9 Å². The summed E-state index contributed by atoms with van der Waals surface area (Å²) in [5.74, 6) is -1.11. The van der Waals surface area contributed by atoms with Crippen LogP contribution in [-0.4, -0.2) is 77.9 Å². The van der Waals surface area contributed by atoms with Gasteiger partial charge in [-0.1, -0.05) is 48.5 Å². The highest BCUT2D eigenvalue weighted by molar-refractivity contribution is 5.81. The highest BCUT2D eigenvalue weighted by atomic mass is 16.6. The molecule has 2 amide bonds. The van der Waals surface area contributed by atoms with Gasteiger partial charge in [0.25, 0.3) is 0 Å². The fourth-order valence-corrected chi connectivity index (χ4v) is 5.35. The number of fused-ring (bicyclic) bond motifs is 3. The standard InChI is InChI=1S/C30H38N2O6/c1-30(2,3)38-19-27(33)32-15-13-20(14-16-32)17-26(28(34)35)31(4)29(36)37-18-25-23-11-7-5-9-21(23)22-10-6-8-12-24(22)25/h5-12,20,25-26H,13-19H2,1-4H3,(H,34,35). The maximum absolute atomic E-state index is 13.0. The Hall–Kier alpha value is -3.39. The van der Waals surface area contributed by atoms with Crippen molar-refractivity contribution in [3.05, 3.63) is 59.7 Å². The van der Waals surface area contributed by atoms with Crippen molar-refractivity contribution in [2.45, 2.75) is 57.6 Å². The second-order valence-electron chi connectivity index (χ2n) is 11.2. The first-order valence-corrected chi connectivity index (χ1v) is 13.3. The fourth-order valence-electron chi connectivity index (χ4n) is 5.35. The zero-order valence-corrected chi connectivity index (χ0v) is 22.7. The van der Waals surface area contributed by atoms with Gasteiger partial charge in [-0.2, -0.15) is 0 Å². The van der Waals surface area contributed by atoms with E-state index in [9.17, 15) is 19.5 Å². The number of carbonyl (C=O) groups excluding carboxylic acids is 2. The van der Waals surface area contributed by atoms with Crippen LogP contribution in [0, 0.1) is 5.92 Å². The van der Waals surface area contributed by atoms with Gasteiger partial charge in [-0.05, 0) is 68.2 Å². The minimum absolute atomic E-state index is 0.0381. The maximum atomic E-state index is 13.0. The Balaban J connectivity index is 1.32. The number of hydrogen-bond acceptors (Lipinski definition) is 5. The molecule has 1 aliphatic heterocycles. The van der Waals surface area contributed by atoms with E-state index in [1.54, 1.807) is 4.90 Å². The van der Waals surface area contributed by atoms with E-state index in [4.69, 9.17) is 9.47 Å². The number of hydrogen-bond donors (Lipinski definition) is 1. The van der Waals surface area contributed by atoms with E-state index in [2.05, 4.69) is 12.1 Å². The average Bonchev–Trinajstić information content (AvgIpc) is 3.22. The number of piperidine rings is 1. The number of carboxylic acid groups (broad SMARTS) is 1. The number of likely N-dealkylation sites (tertiary alicyclic amines) is 1. The third-order valence-electron chi connectivity index (χ3n) is 7.53. The molecule has 1 atom stereocenters. The molecular weight excluding hydrogens is 484 g/mol. The highest BCUT2D eigenvalue weighted by Gasteiger charge is 2.34. The Morgan fingerprint density at radius 2 is 1.55 bits per heavy atom. The van der Waals surface area contributed by atoms with Crippen LogP contribution in [-0.2, 0) is 19.1 Å². The van der Waals surface area contributed by atoms with Gasteiger partial charge in [0.05, 0.1) is 5.60 Å². The normalized spacial score (nSPS) is 16.5. The number of nitrogens with zero attached hydrogens (tertiary/aromatic N) is 2. The van der Waals surface area contributed by atoms with Crippen molar-refractivity contribution in [1.29, 1.82) is 0 Å². The number of benzene rings is 2. The Kier molecular flexibility index (Phi) is 8.41. The third-order valence-corrected chi connectivity index (χ3v) is 7.53.